The molecule has 7 nitrogen and oxygen atoms in total. The highest BCUT2D eigenvalue weighted by atomic mass is 35.5. The molecule has 0 radical (unpaired) electrons. The van der Waals surface area contributed by atoms with Crippen LogP contribution in [0, 0.1) is 0 Å². The number of pyridine rings is 1. The third-order valence-electron chi connectivity index (χ3n) is 4.32. The molecule has 2 N–H and O–H groups in total. The number of aromatic nitrogens is 2. The van der Waals surface area contributed by atoms with E-state index >= 15 is 0 Å². The van der Waals surface area contributed by atoms with Crippen molar-refractivity contribution in [1.82, 2.24) is 15.3 Å². The first kappa shape index (κ1) is 22.3. The van der Waals surface area contributed by atoms with E-state index in [0.717, 1.165) is 0 Å². The summed E-state index contributed by atoms with van der Waals surface area (Å²) in [6.07, 6.45) is 1.63. The molecule has 0 saturated heterocycles. The molecule has 11 heteroatoms. The van der Waals surface area contributed by atoms with Crippen molar-refractivity contribution >= 4 is 75.0 Å². The van der Waals surface area contributed by atoms with Crippen LogP contribution in [-0.2, 0) is 0 Å². The topological polar surface area (TPSA) is 89.3 Å². The average molecular weight is 508 g/mol. The summed E-state index contributed by atoms with van der Waals surface area (Å²) in [4.78, 5) is 21.1. The van der Waals surface area contributed by atoms with Crippen molar-refractivity contribution in [3.05, 3.63) is 69.3 Å². The highest BCUT2D eigenvalue weighted by molar-refractivity contribution is 7.80. The SMILES string of the molecule is COc1c(Cl)cc(C(=O)NC(=S)Nc2cc(-c3nc4ncccc4o3)ccc2Cl)cc1Cl. The summed E-state index contributed by atoms with van der Waals surface area (Å²) < 4.78 is 10.8. The number of methoxy groups -OCH3 is 1. The van der Waals surface area contributed by atoms with Crippen LogP contribution in [0.5, 0.6) is 5.75 Å². The molecular weight excluding hydrogens is 495 g/mol. The van der Waals surface area contributed by atoms with Crippen LogP contribution in [0.3, 0.4) is 0 Å². The molecule has 2 heterocycles. The maximum absolute atomic E-state index is 12.6. The summed E-state index contributed by atoms with van der Waals surface area (Å²) >= 11 is 23.7. The van der Waals surface area contributed by atoms with E-state index in [1.54, 1.807) is 36.5 Å². The van der Waals surface area contributed by atoms with Crippen LogP contribution in [0.1, 0.15) is 10.4 Å². The number of hydrogen-bond acceptors (Lipinski definition) is 6. The molecule has 32 heavy (non-hydrogen) atoms. The summed E-state index contributed by atoms with van der Waals surface area (Å²) in [5, 5.41) is 6.27. The van der Waals surface area contributed by atoms with Crippen molar-refractivity contribution in [1.29, 1.82) is 0 Å². The molecule has 0 atom stereocenters. The Morgan fingerprint density at radius 3 is 2.53 bits per heavy atom. The predicted molar refractivity (Wildman–Crippen MR) is 129 cm³/mol. The Morgan fingerprint density at radius 2 is 1.84 bits per heavy atom. The molecule has 1 amide bonds. The number of thiocarbonyl (C=S) groups is 1. The van der Waals surface area contributed by atoms with E-state index in [9.17, 15) is 4.79 Å². The van der Waals surface area contributed by atoms with Crippen molar-refractivity contribution in [2.24, 2.45) is 0 Å². The zero-order valence-electron chi connectivity index (χ0n) is 16.3. The molecule has 4 rings (SSSR count). The molecule has 2 aromatic carbocycles. The second-order valence-electron chi connectivity index (χ2n) is 6.42. The van der Waals surface area contributed by atoms with Gasteiger partial charge >= 0.3 is 0 Å². The predicted octanol–water partition coefficient (Wildman–Crippen LogP) is 5.99. The lowest BCUT2D eigenvalue weighted by molar-refractivity contribution is 0.0977. The number of nitrogens with zero attached hydrogens (tertiary/aromatic N) is 2. The van der Waals surface area contributed by atoms with E-state index in [-0.39, 0.29) is 26.5 Å². The van der Waals surface area contributed by atoms with Gasteiger partial charge in [0.05, 0.1) is 27.9 Å². The molecule has 0 spiro atoms. The Balaban J connectivity index is 1.52. The molecule has 162 valence electrons. The molecule has 0 aliphatic rings. The van der Waals surface area contributed by atoms with Gasteiger partial charge in [0.1, 0.15) is 0 Å². The van der Waals surface area contributed by atoms with Gasteiger partial charge in [-0.15, -0.1) is 0 Å². The smallest absolute Gasteiger partial charge is 0.257 e. The van der Waals surface area contributed by atoms with Crippen molar-refractivity contribution in [3.8, 4) is 17.2 Å². The first-order valence-electron chi connectivity index (χ1n) is 9.02. The Morgan fingerprint density at radius 1 is 1.09 bits per heavy atom. The minimum absolute atomic E-state index is 0.0244. The van der Waals surface area contributed by atoms with Crippen molar-refractivity contribution < 1.29 is 13.9 Å². The number of halogens is 3. The summed E-state index contributed by atoms with van der Waals surface area (Å²) in [5.74, 6) is 0.144. The number of oxazole rings is 1. The fourth-order valence-electron chi connectivity index (χ4n) is 2.86. The number of anilines is 1. The monoisotopic (exact) mass is 506 g/mol. The van der Waals surface area contributed by atoms with Gasteiger partial charge in [-0.3, -0.25) is 10.1 Å². The quantitative estimate of drug-likeness (QED) is 0.328. The summed E-state index contributed by atoms with van der Waals surface area (Å²) in [6, 6.07) is 11.5. The third-order valence-corrected chi connectivity index (χ3v) is 5.41. The van der Waals surface area contributed by atoms with E-state index < -0.39 is 5.91 Å². The molecular formula is C21H13Cl3N4O3S. The second-order valence-corrected chi connectivity index (χ2v) is 8.05. The summed E-state index contributed by atoms with van der Waals surface area (Å²) in [7, 11) is 1.43. The number of carbonyl (C=O) groups excluding carboxylic acids is 1. The van der Waals surface area contributed by atoms with E-state index in [2.05, 4.69) is 20.6 Å². The second kappa shape index (κ2) is 9.30. The normalized spacial score (nSPS) is 10.8. The number of fused-ring (bicyclic) bond motifs is 1. The average Bonchev–Trinajstić information content (AvgIpc) is 3.19. The molecule has 0 fully saturated rings. The van der Waals surface area contributed by atoms with Gasteiger partial charge in [0, 0.05) is 17.3 Å². The first-order valence-corrected chi connectivity index (χ1v) is 10.6. The number of nitrogens with one attached hydrogen (secondary N) is 2. The molecule has 0 saturated carbocycles. The van der Waals surface area contributed by atoms with Gasteiger partial charge in [0.25, 0.3) is 5.91 Å². The van der Waals surface area contributed by atoms with Crippen LogP contribution in [0.25, 0.3) is 22.7 Å². The summed E-state index contributed by atoms with van der Waals surface area (Å²) in [6.45, 7) is 0. The molecule has 0 aliphatic carbocycles. The van der Waals surface area contributed by atoms with Crippen molar-refractivity contribution in [3.63, 3.8) is 0 Å². The highest BCUT2D eigenvalue weighted by Gasteiger charge is 2.16. The first-order chi connectivity index (χ1) is 15.4. The number of benzene rings is 2. The lowest BCUT2D eigenvalue weighted by atomic mass is 10.2. The minimum Gasteiger partial charge on any atom is -0.494 e. The van der Waals surface area contributed by atoms with Gasteiger partial charge in [-0.25, -0.2) is 4.98 Å². The Bertz CT molecular complexity index is 1300. The van der Waals surface area contributed by atoms with Crippen LogP contribution in [-0.4, -0.2) is 28.1 Å². The third kappa shape index (κ3) is 4.63. The van der Waals surface area contributed by atoms with E-state index in [1.165, 1.54) is 19.2 Å². The fourth-order valence-corrected chi connectivity index (χ4v) is 3.87. The van der Waals surface area contributed by atoms with E-state index in [1.807, 2.05) is 0 Å². The zero-order valence-corrected chi connectivity index (χ0v) is 19.4. The van der Waals surface area contributed by atoms with Gasteiger partial charge in [0.2, 0.25) is 5.89 Å². The number of hydrogen-bond donors (Lipinski definition) is 2. The van der Waals surface area contributed by atoms with Crippen LogP contribution in [0.2, 0.25) is 15.1 Å². The summed E-state index contributed by atoms with van der Waals surface area (Å²) in [5.41, 5.74) is 2.37. The van der Waals surface area contributed by atoms with Crippen LogP contribution < -0.4 is 15.4 Å². The zero-order chi connectivity index (χ0) is 22.8. The van der Waals surface area contributed by atoms with E-state index in [4.69, 9.17) is 56.2 Å². The van der Waals surface area contributed by atoms with Gasteiger partial charge < -0.3 is 14.5 Å². The lowest BCUT2D eigenvalue weighted by Crippen LogP contribution is -2.34. The Hall–Kier alpha value is -2.91. The molecule has 4 aromatic rings. The molecule has 0 unspecified atom stereocenters. The van der Waals surface area contributed by atoms with Gasteiger partial charge in [0.15, 0.2) is 22.1 Å². The number of ether oxygens (including phenoxy) is 1. The van der Waals surface area contributed by atoms with Crippen molar-refractivity contribution in [2.75, 3.05) is 12.4 Å². The van der Waals surface area contributed by atoms with E-state index in [0.29, 0.717) is 33.4 Å². The maximum Gasteiger partial charge on any atom is 0.257 e. The molecule has 2 aromatic heterocycles. The van der Waals surface area contributed by atoms with Crippen LogP contribution >= 0.6 is 47.0 Å². The largest absolute Gasteiger partial charge is 0.494 e. The highest BCUT2D eigenvalue weighted by Crippen LogP contribution is 2.34. The number of amides is 1. The maximum atomic E-state index is 12.6. The van der Waals surface area contributed by atoms with Gasteiger partial charge in [-0.1, -0.05) is 34.8 Å². The lowest BCUT2D eigenvalue weighted by Gasteiger charge is -2.13. The van der Waals surface area contributed by atoms with Gasteiger partial charge in [-0.2, -0.15) is 4.98 Å². The fraction of sp³-hybridized carbons (Fsp3) is 0.0476. The minimum atomic E-state index is -0.508. The van der Waals surface area contributed by atoms with Crippen LogP contribution in [0.4, 0.5) is 5.69 Å². The van der Waals surface area contributed by atoms with Gasteiger partial charge in [-0.05, 0) is 54.7 Å². The Labute approximate surface area is 202 Å². The number of rotatable bonds is 4. The standard InChI is InChI=1S/C21H13Cl3N4O3S/c1-30-17-13(23)7-11(8-14(17)24)19(29)28-21(32)26-15-9-10(4-5-12(15)22)20-27-18-16(31-20)3-2-6-25-18/h2-9H,1H3,(H2,26,28,29,32). The number of carbonyl (C=O) groups is 1. The molecule has 0 aliphatic heterocycles. The van der Waals surface area contributed by atoms with Crippen LogP contribution in [0.15, 0.2) is 53.1 Å². The molecule has 0 bridgehead atoms. The Kier molecular flexibility index (Phi) is 6.48. The van der Waals surface area contributed by atoms with Crippen molar-refractivity contribution in [2.45, 2.75) is 0 Å².